The summed E-state index contributed by atoms with van der Waals surface area (Å²) in [5, 5.41) is 13.1. The maximum Gasteiger partial charge on any atom is 0.255 e. The number of carbonyl (C=O) groups excluding carboxylic acids is 1. The SMILES string of the molecule is O=C(NC1(CBr)CCC1)c1ccc(F)cc1O. The van der Waals surface area contributed by atoms with Crippen molar-refractivity contribution in [2.45, 2.75) is 24.8 Å². The second-order valence-corrected chi connectivity index (χ2v) is 4.94. The molecule has 0 aromatic heterocycles. The molecule has 0 heterocycles. The van der Waals surface area contributed by atoms with Crippen molar-refractivity contribution < 1.29 is 14.3 Å². The number of benzene rings is 1. The molecule has 1 aromatic rings. The van der Waals surface area contributed by atoms with E-state index in [1.807, 2.05) is 0 Å². The zero-order valence-corrected chi connectivity index (χ0v) is 10.8. The summed E-state index contributed by atoms with van der Waals surface area (Å²) in [6.45, 7) is 0. The van der Waals surface area contributed by atoms with Crippen LogP contribution in [-0.2, 0) is 0 Å². The Labute approximate surface area is 107 Å². The molecule has 2 rings (SSSR count). The Kier molecular flexibility index (Phi) is 3.38. The molecule has 2 N–H and O–H groups in total. The number of hydrogen-bond donors (Lipinski definition) is 2. The minimum atomic E-state index is -0.558. The van der Waals surface area contributed by atoms with Crippen LogP contribution in [0.2, 0.25) is 0 Å². The van der Waals surface area contributed by atoms with Gasteiger partial charge in [0, 0.05) is 11.4 Å². The second-order valence-electron chi connectivity index (χ2n) is 4.38. The molecule has 0 atom stereocenters. The van der Waals surface area contributed by atoms with E-state index in [1.54, 1.807) is 0 Å². The molecule has 0 radical (unpaired) electrons. The molecular formula is C12H13BrFNO2. The first-order valence-electron chi connectivity index (χ1n) is 5.43. The Morgan fingerprint density at radius 3 is 2.71 bits per heavy atom. The Bertz CT molecular complexity index is 441. The lowest BCUT2D eigenvalue weighted by Gasteiger charge is -2.41. The Morgan fingerprint density at radius 2 is 2.24 bits per heavy atom. The van der Waals surface area contributed by atoms with Gasteiger partial charge in [0.2, 0.25) is 0 Å². The largest absolute Gasteiger partial charge is 0.507 e. The fraction of sp³-hybridized carbons (Fsp3) is 0.417. The number of alkyl halides is 1. The smallest absolute Gasteiger partial charge is 0.255 e. The van der Waals surface area contributed by atoms with E-state index in [4.69, 9.17) is 0 Å². The molecule has 3 nitrogen and oxygen atoms in total. The lowest BCUT2D eigenvalue weighted by molar-refractivity contribution is 0.0854. The Hall–Kier alpha value is -1.10. The first-order chi connectivity index (χ1) is 8.06. The van der Waals surface area contributed by atoms with Crippen LogP contribution >= 0.6 is 15.9 Å². The van der Waals surface area contributed by atoms with E-state index in [2.05, 4.69) is 21.2 Å². The number of carbonyl (C=O) groups is 1. The van der Waals surface area contributed by atoms with Crippen LogP contribution in [0.1, 0.15) is 29.6 Å². The molecule has 1 aliphatic rings. The third kappa shape index (κ3) is 2.44. The third-order valence-electron chi connectivity index (χ3n) is 3.15. The van der Waals surface area contributed by atoms with Crippen molar-refractivity contribution >= 4 is 21.8 Å². The lowest BCUT2D eigenvalue weighted by atomic mass is 9.78. The van der Waals surface area contributed by atoms with Crippen molar-refractivity contribution in [2.75, 3.05) is 5.33 Å². The quantitative estimate of drug-likeness (QED) is 0.843. The predicted octanol–water partition coefficient (Wildman–Crippen LogP) is 2.58. The average molecular weight is 302 g/mol. The Morgan fingerprint density at radius 1 is 1.53 bits per heavy atom. The highest BCUT2D eigenvalue weighted by Gasteiger charge is 2.37. The fourth-order valence-corrected chi connectivity index (χ4v) is 2.60. The molecule has 17 heavy (non-hydrogen) atoms. The zero-order valence-electron chi connectivity index (χ0n) is 9.17. The highest BCUT2D eigenvalue weighted by atomic mass is 79.9. The first-order valence-corrected chi connectivity index (χ1v) is 6.55. The van der Waals surface area contributed by atoms with Crippen LogP contribution in [0.3, 0.4) is 0 Å². The molecule has 0 unspecified atom stereocenters. The van der Waals surface area contributed by atoms with E-state index in [0.29, 0.717) is 5.33 Å². The summed E-state index contributed by atoms with van der Waals surface area (Å²) in [7, 11) is 0. The maximum atomic E-state index is 12.8. The normalized spacial score (nSPS) is 17.3. The van der Waals surface area contributed by atoms with E-state index < -0.39 is 5.82 Å². The van der Waals surface area contributed by atoms with Gasteiger partial charge < -0.3 is 10.4 Å². The number of hydrogen-bond acceptors (Lipinski definition) is 2. The molecule has 0 spiro atoms. The summed E-state index contributed by atoms with van der Waals surface area (Å²) in [4.78, 5) is 11.9. The van der Waals surface area contributed by atoms with Crippen LogP contribution in [0.5, 0.6) is 5.75 Å². The maximum absolute atomic E-state index is 12.8. The van der Waals surface area contributed by atoms with Gasteiger partial charge in [-0.1, -0.05) is 15.9 Å². The zero-order chi connectivity index (χ0) is 12.5. The molecule has 0 saturated heterocycles. The van der Waals surface area contributed by atoms with E-state index in [1.165, 1.54) is 6.07 Å². The van der Waals surface area contributed by atoms with E-state index in [-0.39, 0.29) is 22.8 Å². The highest BCUT2D eigenvalue weighted by molar-refractivity contribution is 9.09. The number of rotatable bonds is 3. The predicted molar refractivity (Wildman–Crippen MR) is 65.9 cm³/mol. The van der Waals surface area contributed by atoms with Gasteiger partial charge in [0.15, 0.2) is 0 Å². The highest BCUT2D eigenvalue weighted by Crippen LogP contribution is 2.34. The van der Waals surface area contributed by atoms with Gasteiger partial charge in [-0.05, 0) is 31.4 Å². The monoisotopic (exact) mass is 301 g/mol. The molecular weight excluding hydrogens is 289 g/mol. The van der Waals surface area contributed by atoms with E-state index in [0.717, 1.165) is 31.4 Å². The standard InChI is InChI=1S/C12H13BrFNO2/c13-7-12(4-1-5-12)15-11(17)9-3-2-8(14)6-10(9)16/h2-3,6,16H,1,4-5,7H2,(H,15,17). The lowest BCUT2D eigenvalue weighted by Crippen LogP contribution is -2.54. The van der Waals surface area contributed by atoms with Crippen molar-refractivity contribution in [3.63, 3.8) is 0 Å². The van der Waals surface area contributed by atoms with Gasteiger partial charge in [-0.25, -0.2) is 4.39 Å². The third-order valence-corrected chi connectivity index (χ3v) is 4.22. The number of phenolic OH excluding ortho intramolecular Hbond substituents is 1. The summed E-state index contributed by atoms with van der Waals surface area (Å²) in [6, 6.07) is 3.40. The average Bonchev–Trinajstić information content (AvgIpc) is 2.23. The molecule has 1 fully saturated rings. The van der Waals surface area contributed by atoms with Crippen molar-refractivity contribution in [2.24, 2.45) is 0 Å². The van der Waals surface area contributed by atoms with E-state index in [9.17, 15) is 14.3 Å². The number of nitrogens with one attached hydrogen (secondary N) is 1. The van der Waals surface area contributed by atoms with Crippen LogP contribution in [0.25, 0.3) is 0 Å². The van der Waals surface area contributed by atoms with Crippen molar-refractivity contribution in [3.8, 4) is 5.75 Å². The number of halogens is 2. The topological polar surface area (TPSA) is 49.3 Å². The van der Waals surface area contributed by atoms with E-state index >= 15 is 0 Å². The molecule has 1 aliphatic carbocycles. The van der Waals surface area contributed by atoms with Crippen LogP contribution in [0.4, 0.5) is 4.39 Å². The van der Waals surface area contributed by atoms with Gasteiger partial charge in [0.1, 0.15) is 11.6 Å². The molecule has 1 aromatic carbocycles. The fourth-order valence-electron chi connectivity index (χ4n) is 1.90. The van der Waals surface area contributed by atoms with Gasteiger partial charge in [0.05, 0.1) is 11.1 Å². The molecule has 1 saturated carbocycles. The number of aromatic hydroxyl groups is 1. The summed E-state index contributed by atoms with van der Waals surface area (Å²) < 4.78 is 12.8. The Balaban J connectivity index is 2.14. The van der Waals surface area contributed by atoms with Crippen molar-refractivity contribution in [3.05, 3.63) is 29.6 Å². The van der Waals surface area contributed by atoms with Crippen molar-refractivity contribution in [1.29, 1.82) is 0 Å². The summed E-state index contributed by atoms with van der Waals surface area (Å²) in [5.41, 5.74) is -0.101. The summed E-state index contributed by atoms with van der Waals surface area (Å²) >= 11 is 3.38. The summed E-state index contributed by atoms with van der Waals surface area (Å²) in [5.74, 6) is -1.24. The van der Waals surface area contributed by atoms with Gasteiger partial charge in [-0.2, -0.15) is 0 Å². The number of phenols is 1. The molecule has 1 amide bonds. The minimum absolute atomic E-state index is 0.110. The van der Waals surface area contributed by atoms with Gasteiger partial charge in [-0.3, -0.25) is 4.79 Å². The van der Waals surface area contributed by atoms with Crippen LogP contribution in [0, 0.1) is 5.82 Å². The van der Waals surface area contributed by atoms with Gasteiger partial charge >= 0.3 is 0 Å². The summed E-state index contributed by atoms with van der Waals surface area (Å²) in [6.07, 6.45) is 2.93. The molecule has 92 valence electrons. The van der Waals surface area contributed by atoms with Crippen LogP contribution < -0.4 is 5.32 Å². The molecule has 0 bridgehead atoms. The van der Waals surface area contributed by atoms with Crippen molar-refractivity contribution in [1.82, 2.24) is 5.32 Å². The van der Waals surface area contributed by atoms with Crippen LogP contribution in [0.15, 0.2) is 18.2 Å². The first kappa shape index (κ1) is 12.4. The van der Waals surface area contributed by atoms with Crippen LogP contribution in [-0.4, -0.2) is 21.9 Å². The molecule has 5 heteroatoms. The van der Waals surface area contributed by atoms with Gasteiger partial charge in [-0.15, -0.1) is 0 Å². The second kappa shape index (κ2) is 4.64. The minimum Gasteiger partial charge on any atom is -0.507 e. The van der Waals surface area contributed by atoms with Gasteiger partial charge in [0.25, 0.3) is 5.91 Å². The molecule has 0 aliphatic heterocycles. The number of amides is 1.